The van der Waals surface area contributed by atoms with Crippen LogP contribution >= 0.6 is 11.8 Å². The third kappa shape index (κ3) is 37.5. The topological polar surface area (TPSA) is 64.7 Å². The van der Waals surface area contributed by atoms with Gasteiger partial charge >= 0.3 is 5.97 Å². The lowest BCUT2D eigenvalue weighted by Gasteiger charge is -2.06. The van der Waals surface area contributed by atoms with Gasteiger partial charge in [0, 0.05) is 18.7 Å². The van der Waals surface area contributed by atoms with Gasteiger partial charge in [0.25, 0.3) is 0 Å². The van der Waals surface area contributed by atoms with Crippen LogP contribution in [0.15, 0.2) is 4.99 Å². The Bertz CT molecular complexity index is 599. The van der Waals surface area contributed by atoms with Gasteiger partial charge in [-0.15, -0.1) is 0 Å². The molecule has 0 aliphatic rings. The number of hydrogen-bond donors (Lipinski definition) is 1. The summed E-state index contributed by atoms with van der Waals surface area (Å²) < 4.78 is 5.41. The third-order valence-corrected chi connectivity index (χ3v) is 9.83. The molecule has 0 radical (unpaired) electrons. The zero-order valence-electron chi connectivity index (χ0n) is 30.0. The summed E-state index contributed by atoms with van der Waals surface area (Å²) in [7, 11) is 0. The van der Waals surface area contributed by atoms with Crippen LogP contribution in [0.1, 0.15) is 213 Å². The molecule has 44 heavy (non-hydrogen) atoms. The standard InChI is InChI=1S/C39H78N2O2S/c1-3-5-7-9-11-13-15-17-18-19-20-21-23-25-27-29-34-41-38(40)32-31-36-44-37-33-39(42)43-35-30-28-26-24-22-16-14-12-10-8-6-4-2/h3-37H2,1-2H3,(H2,40,41). The lowest BCUT2D eigenvalue weighted by molar-refractivity contribution is -0.143. The Labute approximate surface area is 280 Å². The summed E-state index contributed by atoms with van der Waals surface area (Å²) >= 11 is 1.82. The van der Waals surface area contributed by atoms with Gasteiger partial charge in [0.05, 0.1) is 18.9 Å². The number of rotatable bonds is 37. The first-order valence-corrected chi connectivity index (χ1v) is 20.9. The summed E-state index contributed by atoms with van der Waals surface area (Å²) in [5, 5.41) is 0. The Kier molecular flexibility index (Phi) is 37.9. The fourth-order valence-electron chi connectivity index (χ4n) is 5.78. The first-order valence-electron chi connectivity index (χ1n) is 19.7. The van der Waals surface area contributed by atoms with Crippen LogP contribution in [0.5, 0.6) is 0 Å². The second-order valence-electron chi connectivity index (χ2n) is 13.3. The average Bonchev–Trinajstić information content (AvgIpc) is 3.02. The number of unbranched alkanes of at least 4 members (excludes halogenated alkanes) is 26. The summed E-state index contributed by atoms with van der Waals surface area (Å²) in [5.74, 6) is 2.63. The van der Waals surface area contributed by atoms with Gasteiger partial charge in [-0.05, 0) is 25.0 Å². The van der Waals surface area contributed by atoms with Crippen molar-refractivity contribution < 1.29 is 9.53 Å². The minimum atomic E-state index is -0.0412. The average molecular weight is 639 g/mol. The molecule has 0 aliphatic carbocycles. The maximum Gasteiger partial charge on any atom is 0.306 e. The molecule has 0 saturated heterocycles. The molecule has 0 atom stereocenters. The highest BCUT2D eigenvalue weighted by molar-refractivity contribution is 7.99. The van der Waals surface area contributed by atoms with E-state index in [2.05, 4.69) is 18.8 Å². The summed E-state index contributed by atoms with van der Waals surface area (Å²) in [6, 6.07) is 0. The SMILES string of the molecule is CCCCCCCCCCCCCCCCCCN=C(N)CCCSCCC(=O)OCCCCCCCCCCCCCC. The van der Waals surface area contributed by atoms with E-state index < -0.39 is 0 Å². The fourth-order valence-corrected chi connectivity index (χ4v) is 6.64. The molecule has 0 rings (SSSR count). The van der Waals surface area contributed by atoms with Gasteiger partial charge in [0.1, 0.15) is 0 Å². The van der Waals surface area contributed by atoms with Crippen LogP contribution in [0.3, 0.4) is 0 Å². The number of carbonyl (C=O) groups excluding carboxylic acids is 1. The predicted molar refractivity (Wildman–Crippen MR) is 199 cm³/mol. The number of thioether (sulfide) groups is 1. The van der Waals surface area contributed by atoms with E-state index in [9.17, 15) is 4.79 Å². The molecule has 0 unspecified atom stereocenters. The molecule has 0 saturated carbocycles. The number of esters is 1. The van der Waals surface area contributed by atoms with E-state index in [0.29, 0.717) is 13.0 Å². The molecule has 0 aromatic heterocycles. The number of nitrogens with two attached hydrogens (primary N) is 1. The first-order chi connectivity index (χ1) is 21.7. The number of ether oxygens (including phenoxy) is 1. The van der Waals surface area contributed by atoms with Crippen LogP contribution in [0, 0.1) is 0 Å². The molecule has 0 heterocycles. The predicted octanol–water partition coefficient (Wildman–Crippen LogP) is 12.8. The second-order valence-corrected chi connectivity index (χ2v) is 14.5. The Hall–Kier alpha value is -0.710. The number of carbonyl (C=O) groups is 1. The molecule has 0 bridgehead atoms. The third-order valence-electron chi connectivity index (χ3n) is 8.76. The smallest absolute Gasteiger partial charge is 0.306 e. The molecule has 2 N–H and O–H groups in total. The van der Waals surface area contributed by atoms with Gasteiger partial charge in [0.2, 0.25) is 0 Å². The lowest BCUT2D eigenvalue weighted by atomic mass is 10.0. The first kappa shape index (κ1) is 43.3. The molecular formula is C39H78N2O2S. The highest BCUT2D eigenvalue weighted by Gasteiger charge is 2.03. The van der Waals surface area contributed by atoms with Crippen LogP contribution < -0.4 is 5.73 Å². The minimum Gasteiger partial charge on any atom is -0.466 e. The van der Waals surface area contributed by atoms with E-state index in [-0.39, 0.29) is 5.97 Å². The van der Waals surface area contributed by atoms with Crippen molar-refractivity contribution in [1.82, 2.24) is 0 Å². The van der Waals surface area contributed by atoms with E-state index in [1.54, 1.807) is 0 Å². The molecule has 0 spiro atoms. The minimum absolute atomic E-state index is 0.0412. The van der Waals surface area contributed by atoms with Crippen LogP contribution in [0.2, 0.25) is 0 Å². The van der Waals surface area contributed by atoms with Crippen molar-refractivity contribution in [2.45, 2.75) is 213 Å². The van der Waals surface area contributed by atoms with Crippen molar-refractivity contribution in [3.05, 3.63) is 0 Å². The largest absolute Gasteiger partial charge is 0.466 e. The molecular weight excluding hydrogens is 561 g/mol. The molecule has 0 aromatic rings. The van der Waals surface area contributed by atoms with Gasteiger partial charge in [-0.25, -0.2) is 0 Å². The number of nitrogens with zero attached hydrogens (tertiary/aromatic N) is 1. The monoisotopic (exact) mass is 639 g/mol. The van der Waals surface area contributed by atoms with Gasteiger partial charge in [-0.1, -0.05) is 181 Å². The van der Waals surface area contributed by atoms with Crippen LogP contribution in [0.25, 0.3) is 0 Å². The van der Waals surface area contributed by atoms with Crippen molar-refractivity contribution in [1.29, 1.82) is 0 Å². The lowest BCUT2D eigenvalue weighted by Crippen LogP contribution is -2.12. The molecule has 0 amide bonds. The van der Waals surface area contributed by atoms with Gasteiger partial charge in [-0.3, -0.25) is 9.79 Å². The Morgan fingerprint density at radius 2 is 0.886 bits per heavy atom. The number of amidine groups is 1. The zero-order valence-corrected chi connectivity index (χ0v) is 30.8. The molecule has 4 nitrogen and oxygen atoms in total. The van der Waals surface area contributed by atoms with Crippen molar-refractivity contribution in [2.24, 2.45) is 10.7 Å². The molecule has 0 aliphatic heterocycles. The highest BCUT2D eigenvalue weighted by Crippen LogP contribution is 2.15. The van der Waals surface area contributed by atoms with Gasteiger partial charge in [-0.2, -0.15) is 11.8 Å². The number of aliphatic imine (C=N–C) groups is 1. The van der Waals surface area contributed by atoms with E-state index in [0.717, 1.165) is 49.6 Å². The van der Waals surface area contributed by atoms with Crippen molar-refractivity contribution in [2.75, 3.05) is 24.7 Å². The van der Waals surface area contributed by atoms with E-state index in [4.69, 9.17) is 10.5 Å². The Morgan fingerprint density at radius 1 is 0.500 bits per heavy atom. The molecule has 5 heteroatoms. The highest BCUT2D eigenvalue weighted by atomic mass is 32.2. The van der Waals surface area contributed by atoms with Gasteiger partial charge < -0.3 is 10.5 Å². The normalized spacial score (nSPS) is 11.8. The summed E-state index contributed by atoms with van der Waals surface area (Å²) in [4.78, 5) is 16.5. The summed E-state index contributed by atoms with van der Waals surface area (Å²) in [6.45, 7) is 6.04. The molecule has 262 valence electrons. The van der Waals surface area contributed by atoms with Crippen LogP contribution in [-0.2, 0) is 9.53 Å². The maximum atomic E-state index is 11.9. The molecule has 0 fully saturated rings. The van der Waals surface area contributed by atoms with Crippen molar-refractivity contribution in [3.8, 4) is 0 Å². The summed E-state index contributed by atoms with van der Waals surface area (Å²) in [6.07, 6.45) is 40.6. The second kappa shape index (κ2) is 38.5. The van der Waals surface area contributed by atoms with Crippen molar-refractivity contribution in [3.63, 3.8) is 0 Å². The Balaban J connectivity index is 3.30. The van der Waals surface area contributed by atoms with Crippen LogP contribution in [0.4, 0.5) is 0 Å². The maximum absolute atomic E-state index is 11.9. The zero-order chi connectivity index (χ0) is 32.0. The van der Waals surface area contributed by atoms with E-state index >= 15 is 0 Å². The van der Waals surface area contributed by atoms with Gasteiger partial charge in [0.15, 0.2) is 0 Å². The van der Waals surface area contributed by atoms with Crippen molar-refractivity contribution >= 4 is 23.6 Å². The van der Waals surface area contributed by atoms with E-state index in [1.165, 1.54) is 167 Å². The quantitative estimate of drug-likeness (QED) is 0.0318. The van der Waals surface area contributed by atoms with Crippen LogP contribution in [-0.4, -0.2) is 36.5 Å². The fraction of sp³-hybridized carbons (Fsp3) is 0.949. The Morgan fingerprint density at radius 3 is 1.32 bits per heavy atom. The number of hydrogen-bond acceptors (Lipinski definition) is 4. The summed E-state index contributed by atoms with van der Waals surface area (Å²) in [5.41, 5.74) is 6.11. The molecule has 0 aromatic carbocycles. The van der Waals surface area contributed by atoms with E-state index in [1.807, 2.05) is 11.8 Å².